The first kappa shape index (κ1) is 21.5. The van der Waals surface area contributed by atoms with Crippen molar-refractivity contribution in [2.45, 2.75) is 19.3 Å². The minimum Gasteiger partial charge on any atom is -0.309 e. The molecular formula is C37H27N. The molecule has 1 aliphatic rings. The van der Waals surface area contributed by atoms with Crippen molar-refractivity contribution < 1.29 is 0 Å². The predicted octanol–water partition coefficient (Wildman–Crippen LogP) is 9.91. The van der Waals surface area contributed by atoms with Crippen molar-refractivity contribution >= 4 is 32.6 Å². The maximum Gasteiger partial charge on any atom is 0.0547 e. The average molecular weight is 486 g/mol. The van der Waals surface area contributed by atoms with Crippen LogP contribution < -0.4 is 0 Å². The van der Waals surface area contributed by atoms with Crippen molar-refractivity contribution in [1.29, 1.82) is 0 Å². The largest absolute Gasteiger partial charge is 0.309 e. The molecule has 0 bridgehead atoms. The maximum absolute atomic E-state index is 2.46. The Kier molecular flexibility index (Phi) is 4.35. The smallest absolute Gasteiger partial charge is 0.0547 e. The molecule has 1 aromatic heterocycles. The first-order valence-corrected chi connectivity index (χ1v) is 13.4. The summed E-state index contributed by atoms with van der Waals surface area (Å²) in [6.07, 6.45) is 0. The molecule has 38 heavy (non-hydrogen) atoms. The monoisotopic (exact) mass is 485 g/mol. The second-order valence-electron chi connectivity index (χ2n) is 11.1. The highest BCUT2D eigenvalue weighted by atomic mass is 15.0. The predicted molar refractivity (Wildman–Crippen MR) is 161 cm³/mol. The van der Waals surface area contributed by atoms with Gasteiger partial charge < -0.3 is 4.57 Å². The number of fused-ring (bicyclic) bond motifs is 7. The normalized spacial score (nSPS) is 13.7. The average Bonchev–Trinajstić information content (AvgIpc) is 3.40. The number of aromatic nitrogens is 1. The lowest BCUT2D eigenvalue weighted by Crippen LogP contribution is -2.15. The summed E-state index contributed by atoms with van der Waals surface area (Å²) in [6.45, 7) is 4.76. The maximum atomic E-state index is 2.46. The van der Waals surface area contributed by atoms with Gasteiger partial charge in [-0.25, -0.2) is 0 Å². The molecule has 1 nitrogen and oxygen atoms in total. The third-order valence-electron chi connectivity index (χ3n) is 8.57. The Balaban J connectivity index is 1.36. The molecular weight excluding hydrogens is 458 g/mol. The number of benzene rings is 6. The van der Waals surface area contributed by atoms with E-state index in [1.54, 1.807) is 0 Å². The van der Waals surface area contributed by atoms with Crippen LogP contribution >= 0.6 is 0 Å². The van der Waals surface area contributed by atoms with E-state index in [1.165, 1.54) is 71.6 Å². The van der Waals surface area contributed by atoms with Gasteiger partial charge in [-0.1, -0.05) is 98.8 Å². The molecule has 0 unspecified atom stereocenters. The molecule has 7 aromatic rings. The molecule has 1 aliphatic carbocycles. The Hall–Kier alpha value is -4.62. The van der Waals surface area contributed by atoms with Crippen LogP contribution in [0.3, 0.4) is 0 Å². The summed E-state index contributed by atoms with van der Waals surface area (Å²) in [7, 11) is 0. The molecule has 0 amide bonds. The molecule has 8 rings (SSSR count). The van der Waals surface area contributed by atoms with Crippen LogP contribution in [-0.4, -0.2) is 4.57 Å². The summed E-state index contributed by atoms with van der Waals surface area (Å²) in [5.41, 5.74) is 11.7. The van der Waals surface area contributed by atoms with Crippen molar-refractivity contribution in [3.63, 3.8) is 0 Å². The lowest BCUT2D eigenvalue weighted by atomic mass is 9.81. The molecule has 6 aromatic carbocycles. The van der Waals surface area contributed by atoms with Gasteiger partial charge in [0, 0.05) is 21.9 Å². The standard InChI is InChI=1S/C37H27N/c1-37(2)33-21-27(26-17-16-24-10-6-7-11-25(24)20-26)18-19-29(33)31-23-36-32(22-34(31)37)30-14-8-9-15-35(30)38(36)28-12-4-3-5-13-28/h3-23H,1-2H3. The van der Waals surface area contributed by atoms with E-state index in [0.29, 0.717) is 0 Å². The van der Waals surface area contributed by atoms with E-state index in [2.05, 4.69) is 146 Å². The fourth-order valence-electron chi connectivity index (χ4n) is 6.60. The second-order valence-corrected chi connectivity index (χ2v) is 11.1. The minimum atomic E-state index is -0.0817. The minimum absolute atomic E-state index is 0.0817. The number of hydrogen-bond donors (Lipinski definition) is 0. The summed E-state index contributed by atoms with van der Waals surface area (Å²) in [5, 5.41) is 5.18. The van der Waals surface area contributed by atoms with E-state index in [4.69, 9.17) is 0 Å². The molecule has 0 aliphatic heterocycles. The van der Waals surface area contributed by atoms with Crippen molar-refractivity contribution in [1.82, 2.24) is 4.57 Å². The first-order valence-electron chi connectivity index (χ1n) is 13.4. The van der Waals surface area contributed by atoms with E-state index < -0.39 is 0 Å². The third-order valence-corrected chi connectivity index (χ3v) is 8.57. The van der Waals surface area contributed by atoms with E-state index in [0.717, 1.165) is 0 Å². The highest BCUT2D eigenvalue weighted by molar-refractivity contribution is 6.11. The lowest BCUT2D eigenvalue weighted by Gasteiger charge is -2.22. The summed E-state index contributed by atoms with van der Waals surface area (Å²) in [6, 6.07) is 46.9. The Morgan fingerprint density at radius 1 is 0.474 bits per heavy atom. The molecule has 0 fully saturated rings. The van der Waals surface area contributed by atoms with Crippen molar-refractivity contribution in [3.05, 3.63) is 139 Å². The van der Waals surface area contributed by atoms with Crippen LogP contribution in [0.25, 0.3) is 60.5 Å². The van der Waals surface area contributed by atoms with Gasteiger partial charge in [0.15, 0.2) is 0 Å². The quantitative estimate of drug-likeness (QED) is 0.230. The topological polar surface area (TPSA) is 4.93 Å². The van der Waals surface area contributed by atoms with Crippen molar-refractivity contribution in [3.8, 4) is 27.9 Å². The van der Waals surface area contributed by atoms with Gasteiger partial charge >= 0.3 is 0 Å². The Morgan fingerprint density at radius 3 is 2.03 bits per heavy atom. The zero-order chi connectivity index (χ0) is 25.4. The molecule has 180 valence electrons. The molecule has 0 saturated heterocycles. The molecule has 0 N–H and O–H groups in total. The van der Waals surface area contributed by atoms with Gasteiger partial charge in [-0.2, -0.15) is 0 Å². The summed E-state index contributed by atoms with van der Waals surface area (Å²) >= 11 is 0. The number of hydrogen-bond acceptors (Lipinski definition) is 0. The summed E-state index contributed by atoms with van der Waals surface area (Å²) in [5.74, 6) is 0. The highest BCUT2D eigenvalue weighted by Gasteiger charge is 2.36. The van der Waals surface area contributed by atoms with Gasteiger partial charge in [0.25, 0.3) is 0 Å². The molecule has 0 saturated carbocycles. The Morgan fingerprint density at radius 2 is 1.16 bits per heavy atom. The van der Waals surface area contributed by atoms with Gasteiger partial charge in [-0.05, 0) is 86.6 Å². The zero-order valence-electron chi connectivity index (χ0n) is 21.6. The number of para-hydroxylation sites is 2. The van der Waals surface area contributed by atoms with Gasteiger partial charge in [-0.3, -0.25) is 0 Å². The SMILES string of the molecule is CC1(C)c2cc(-c3ccc4ccccc4c3)ccc2-c2cc3c(cc21)c1ccccc1n3-c1ccccc1. The van der Waals surface area contributed by atoms with Crippen molar-refractivity contribution in [2.24, 2.45) is 0 Å². The third kappa shape index (κ3) is 2.93. The Labute approximate surface area is 222 Å². The van der Waals surface area contributed by atoms with Gasteiger partial charge in [0.2, 0.25) is 0 Å². The van der Waals surface area contributed by atoms with Crippen LogP contribution in [0.1, 0.15) is 25.0 Å². The molecule has 0 atom stereocenters. The number of nitrogens with zero attached hydrogens (tertiary/aromatic N) is 1. The fourth-order valence-corrected chi connectivity index (χ4v) is 6.60. The van der Waals surface area contributed by atoms with Crippen LogP contribution in [0, 0.1) is 0 Å². The van der Waals surface area contributed by atoms with Gasteiger partial charge in [0.1, 0.15) is 0 Å². The van der Waals surface area contributed by atoms with Crippen LogP contribution in [0.5, 0.6) is 0 Å². The van der Waals surface area contributed by atoms with Crippen LogP contribution in [-0.2, 0) is 5.41 Å². The van der Waals surface area contributed by atoms with E-state index >= 15 is 0 Å². The van der Waals surface area contributed by atoms with E-state index in [1.807, 2.05) is 0 Å². The molecule has 1 heterocycles. The molecule has 0 spiro atoms. The first-order chi connectivity index (χ1) is 18.6. The molecule has 1 heteroatoms. The highest BCUT2D eigenvalue weighted by Crippen LogP contribution is 2.52. The van der Waals surface area contributed by atoms with Gasteiger partial charge in [-0.15, -0.1) is 0 Å². The summed E-state index contributed by atoms with van der Waals surface area (Å²) in [4.78, 5) is 0. The van der Waals surface area contributed by atoms with Crippen molar-refractivity contribution in [2.75, 3.05) is 0 Å². The Bertz CT molecular complexity index is 2040. The fraction of sp³-hybridized carbons (Fsp3) is 0.0811. The van der Waals surface area contributed by atoms with Crippen LogP contribution in [0.15, 0.2) is 127 Å². The van der Waals surface area contributed by atoms with E-state index in [-0.39, 0.29) is 5.41 Å². The van der Waals surface area contributed by atoms with Crippen LogP contribution in [0.2, 0.25) is 0 Å². The second kappa shape index (κ2) is 7.69. The lowest BCUT2D eigenvalue weighted by molar-refractivity contribution is 0.661. The zero-order valence-corrected chi connectivity index (χ0v) is 21.6. The molecule has 0 radical (unpaired) electrons. The number of rotatable bonds is 2. The van der Waals surface area contributed by atoms with Crippen LogP contribution in [0.4, 0.5) is 0 Å². The van der Waals surface area contributed by atoms with E-state index in [9.17, 15) is 0 Å². The van der Waals surface area contributed by atoms with Gasteiger partial charge in [0.05, 0.1) is 11.0 Å². The summed E-state index contributed by atoms with van der Waals surface area (Å²) < 4.78 is 2.42.